The Balaban J connectivity index is 1.64. The summed E-state index contributed by atoms with van der Waals surface area (Å²) in [5, 5.41) is 0.551. The van der Waals surface area contributed by atoms with Crippen molar-refractivity contribution in [3.8, 4) is 5.75 Å². The molecule has 1 heterocycles. The predicted molar refractivity (Wildman–Crippen MR) is 119 cm³/mol. The number of rotatable bonds is 7. The Labute approximate surface area is 183 Å². The van der Waals surface area contributed by atoms with Crippen molar-refractivity contribution >= 4 is 57.9 Å². The van der Waals surface area contributed by atoms with Crippen LogP contribution in [0.2, 0.25) is 5.02 Å². The van der Waals surface area contributed by atoms with E-state index in [0.29, 0.717) is 38.7 Å². The number of benzene rings is 2. The molecule has 0 unspecified atom stereocenters. The van der Waals surface area contributed by atoms with E-state index in [2.05, 4.69) is 0 Å². The summed E-state index contributed by atoms with van der Waals surface area (Å²) in [5.74, 6) is -0.157. The molecule has 5 nitrogen and oxygen atoms in total. The molecule has 0 spiro atoms. The van der Waals surface area contributed by atoms with Gasteiger partial charge in [-0.3, -0.25) is 9.69 Å². The van der Waals surface area contributed by atoms with E-state index >= 15 is 0 Å². The number of hydrogen-bond acceptors (Lipinski definition) is 6. The summed E-state index contributed by atoms with van der Waals surface area (Å²) < 4.78 is 10.9. The van der Waals surface area contributed by atoms with E-state index in [-0.39, 0.29) is 5.91 Å². The fourth-order valence-electron chi connectivity index (χ4n) is 2.60. The third-order valence-corrected chi connectivity index (χ3v) is 5.70. The van der Waals surface area contributed by atoms with Crippen molar-refractivity contribution in [3.05, 3.63) is 69.6 Å². The Morgan fingerprint density at radius 3 is 2.52 bits per heavy atom. The second-order valence-electron chi connectivity index (χ2n) is 6.15. The van der Waals surface area contributed by atoms with E-state index in [1.54, 1.807) is 66.6 Å². The van der Waals surface area contributed by atoms with Gasteiger partial charge in [0.25, 0.3) is 5.91 Å². The quantitative estimate of drug-likeness (QED) is 0.200. The lowest BCUT2D eigenvalue weighted by atomic mass is 10.2. The highest BCUT2D eigenvalue weighted by Gasteiger charge is 2.31. The van der Waals surface area contributed by atoms with Gasteiger partial charge >= 0.3 is 5.97 Å². The highest BCUT2D eigenvalue weighted by Crippen LogP contribution is 2.32. The predicted octanol–water partition coefficient (Wildman–Crippen LogP) is 4.80. The number of methoxy groups -OCH3 is 1. The number of amides is 1. The van der Waals surface area contributed by atoms with Crippen LogP contribution in [0.3, 0.4) is 0 Å². The monoisotopic (exact) mass is 447 g/mol. The second-order valence-corrected chi connectivity index (χ2v) is 8.26. The molecule has 1 amide bonds. The largest absolute Gasteiger partial charge is 0.423 e. The zero-order valence-corrected chi connectivity index (χ0v) is 18.0. The first-order valence-corrected chi connectivity index (χ1v) is 10.4. The molecule has 2 aromatic carbocycles. The molecule has 0 bridgehead atoms. The number of nitrogens with zero attached hydrogens (tertiary/aromatic N) is 1. The number of ether oxygens (including phenoxy) is 2. The normalized spacial score (nSPS) is 15.2. The molecule has 1 aliphatic rings. The van der Waals surface area contributed by atoms with Crippen molar-refractivity contribution in [2.24, 2.45) is 0 Å². The van der Waals surface area contributed by atoms with Gasteiger partial charge in [0.15, 0.2) is 0 Å². The molecule has 150 valence electrons. The number of thiocarbonyl (C=S) groups is 1. The number of carbonyl (C=O) groups excluding carboxylic acids is 2. The first-order valence-electron chi connectivity index (χ1n) is 8.80. The van der Waals surface area contributed by atoms with Crippen molar-refractivity contribution in [2.75, 3.05) is 20.3 Å². The fourth-order valence-corrected chi connectivity index (χ4v) is 4.03. The molecule has 0 radical (unpaired) electrons. The van der Waals surface area contributed by atoms with Crippen molar-refractivity contribution < 1.29 is 19.1 Å². The SMILES string of the molecule is COCCCN1C(=O)/C(=C/c2ccc(OC(=O)c3ccc(Cl)cc3)cc2)SC1=S. The topological polar surface area (TPSA) is 55.8 Å². The van der Waals surface area contributed by atoms with Crippen LogP contribution in [0, 0.1) is 0 Å². The lowest BCUT2D eigenvalue weighted by Crippen LogP contribution is -2.29. The maximum absolute atomic E-state index is 12.5. The molecular formula is C21H18ClNO4S2. The molecule has 1 fully saturated rings. The highest BCUT2D eigenvalue weighted by molar-refractivity contribution is 8.26. The minimum Gasteiger partial charge on any atom is -0.423 e. The average Bonchev–Trinajstić information content (AvgIpc) is 2.97. The zero-order valence-electron chi connectivity index (χ0n) is 15.6. The van der Waals surface area contributed by atoms with Crippen molar-refractivity contribution in [1.29, 1.82) is 0 Å². The van der Waals surface area contributed by atoms with Gasteiger partial charge in [-0.15, -0.1) is 0 Å². The van der Waals surface area contributed by atoms with E-state index in [0.717, 1.165) is 12.0 Å². The number of thioether (sulfide) groups is 1. The van der Waals surface area contributed by atoms with Crippen LogP contribution in [-0.4, -0.2) is 41.4 Å². The summed E-state index contributed by atoms with van der Waals surface area (Å²) in [6.45, 7) is 1.11. The van der Waals surface area contributed by atoms with Crippen molar-refractivity contribution in [3.63, 3.8) is 0 Å². The Morgan fingerprint density at radius 1 is 1.17 bits per heavy atom. The molecule has 2 aromatic rings. The van der Waals surface area contributed by atoms with Gasteiger partial charge in [0.1, 0.15) is 10.1 Å². The summed E-state index contributed by atoms with van der Waals surface area (Å²) in [6.07, 6.45) is 2.50. The van der Waals surface area contributed by atoms with Crippen molar-refractivity contribution in [2.45, 2.75) is 6.42 Å². The molecule has 0 aliphatic carbocycles. The summed E-state index contributed by atoms with van der Waals surface area (Å²) in [7, 11) is 1.63. The van der Waals surface area contributed by atoms with Crippen LogP contribution in [0.5, 0.6) is 5.75 Å². The van der Waals surface area contributed by atoms with Gasteiger partial charge in [-0.2, -0.15) is 0 Å². The summed E-state index contributed by atoms with van der Waals surface area (Å²) in [5.41, 5.74) is 1.23. The molecule has 0 saturated carbocycles. The smallest absolute Gasteiger partial charge is 0.343 e. The molecule has 1 aliphatic heterocycles. The molecule has 0 N–H and O–H groups in total. The Kier molecular flexibility index (Phi) is 7.44. The highest BCUT2D eigenvalue weighted by atomic mass is 35.5. The van der Waals surface area contributed by atoms with Crippen LogP contribution < -0.4 is 4.74 Å². The van der Waals surface area contributed by atoms with E-state index < -0.39 is 5.97 Å². The Hall–Kier alpha value is -2.19. The van der Waals surface area contributed by atoms with Crippen LogP contribution in [0.1, 0.15) is 22.3 Å². The summed E-state index contributed by atoms with van der Waals surface area (Å²) >= 11 is 12.4. The standard InChI is InChI=1S/C21H18ClNO4S2/c1-26-12-2-11-23-19(24)18(29-21(23)28)13-14-3-9-17(10-4-14)27-20(25)15-5-7-16(22)8-6-15/h3-10,13H,2,11-12H2,1H3/b18-13-. The zero-order chi connectivity index (χ0) is 20.8. The van der Waals surface area contributed by atoms with Crippen LogP contribution in [0.4, 0.5) is 0 Å². The minimum absolute atomic E-state index is 0.102. The van der Waals surface area contributed by atoms with Gasteiger partial charge in [0.2, 0.25) is 0 Å². The fraction of sp³-hybridized carbons (Fsp3) is 0.190. The molecule has 1 saturated heterocycles. The van der Waals surface area contributed by atoms with Crippen LogP contribution in [0.15, 0.2) is 53.4 Å². The van der Waals surface area contributed by atoms with E-state index in [9.17, 15) is 9.59 Å². The van der Waals surface area contributed by atoms with Gasteiger partial charge in [0.05, 0.1) is 10.5 Å². The molecule has 0 atom stereocenters. The Morgan fingerprint density at radius 2 is 1.86 bits per heavy atom. The molecule has 3 rings (SSSR count). The van der Waals surface area contributed by atoms with Gasteiger partial charge < -0.3 is 9.47 Å². The molecular weight excluding hydrogens is 430 g/mol. The number of carbonyl (C=O) groups is 2. The van der Waals surface area contributed by atoms with Crippen molar-refractivity contribution in [1.82, 2.24) is 4.90 Å². The van der Waals surface area contributed by atoms with Crippen LogP contribution >= 0.6 is 35.6 Å². The second kappa shape index (κ2) is 10.0. The van der Waals surface area contributed by atoms with Gasteiger partial charge in [-0.25, -0.2) is 4.79 Å². The number of esters is 1. The first-order chi connectivity index (χ1) is 14.0. The summed E-state index contributed by atoms with van der Waals surface area (Å²) in [6, 6.07) is 13.4. The van der Waals surface area contributed by atoms with E-state index in [4.69, 9.17) is 33.3 Å². The van der Waals surface area contributed by atoms with Gasteiger partial charge in [0, 0.05) is 25.3 Å². The lowest BCUT2D eigenvalue weighted by Gasteiger charge is -2.13. The maximum atomic E-state index is 12.5. The minimum atomic E-state index is -0.466. The third kappa shape index (κ3) is 5.67. The molecule has 29 heavy (non-hydrogen) atoms. The maximum Gasteiger partial charge on any atom is 0.343 e. The van der Waals surface area contributed by atoms with Crippen LogP contribution in [-0.2, 0) is 9.53 Å². The third-order valence-electron chi connectivity index (χ3n) is 4.07. The van der Waals surface area contributed by atoms with Gasteiger partial charge in [-0.05, 0) is 54.5 Å². The average molecular weight is 448 g/mol. The van der Waals surface area contributed by atoms with E-state index in [1.807, 2.05) is 0 Å². The lowest BCUT2D eigenvalue weighted by molar-refractivity contribution is -0.122. The first kappa shape index (κ1) is 21.5. The van der Waals surface area contributed by atoms with E-state index in [1.165, 1.54) is 11.8 Å². The number of halogens is 1. The van der Waals surface area contributed by atoms with Gasteiger partial charge in [-0.1, -0.05) is 47.7 Å². The molecule has 0 aromatic heterocycles. The van der Waals surface area contributed by atoms with Crippen LogP contribution in [0.25, 0.3) is 6.08 Å². The summed E-state index contributed by atoms with van der Waals surface area (Å²) in [4.78, 5) is 26.9. The Bertz CT molecular complexity index is 942. The number of hydrogen-bond donors (Lipinski definition) is 0. The molecule has 8 heteroatoms.